The fraction of sp³-hybridized carbons (Fsp3) is 0.615. The van der Waals surface area contributed by atoms with Crippen LogP contribution in [0.15, 0.2) is 10.5 Å². The second kappa shape index (κ2) is 8.68. The number of hydrogen-bond donors (Lipinski definition) is 1. The number of rotatable bonds is 10. The predicted octanol–water partition coefficient (Wildman–Crippen LogP) is 1.86. The molecule has 0 bridgehead atoms. The second-order valence-electron chi connectivity index (χ2n) is 4.01. The van der Waals surface area contributed by atoms with Gasteiger partial charge in [-0.3, -0.25) is 0 Å². The number of aryl methyl sites for hydroxylation is 1. The molecule has 19 heavy (non-hydrogen) atoms. The number of carboxylic acids is 1. The van der Waals surface area contributed by atoms with Crippen LogP contribution in [-0.2, 0) is 20.8 Å². The Hall–Kier alpha value is -1.37. The number of hydrogen-bond acceptors (Lipinski definition) is 5. The zero-order valence-corrected chi connectivity index (χ0v) is 11.3. The third-order valence-corrected chi connectivity index (χ3v) is 2.50. The molecule has 1 rings (SSSR count). The van der Waals surface area contributed by atoms with Crippen molar-refractivity contribution in [3.8, 4) is 0 Å². The van der Waals surface area contributed by atoms with Gasteiger partial charge in [-0.2, -0.15) is 0 Å². The van der Waals surface area contributed by atoms with Crippen molar-refractivity contribution in [2.45, 2.75) is 20.0 Å². The molecule has 6 heteroatoms. The molecule has 0 atom stereocenters. The highest BCUT2D eigenvalue weighted by atomic mass is 16.5. The summed E-state index contributed by atoms with van der Waals surface area (Å²) in [6.07, 6.45) is 0.784. The van der Waals surface area contributed by atoms with Gasteiger partial charge < -0.3 is 23.7 Å². The normalized spacial score (nSPS) is 10.8. The minimum atomic E-state index is -1.07. The highest BCUT2D eigenvalue weighted by Crippen LogP contribution is 2.15. The maximum atomic E-state index is 10.7. The van der Waals surface area contributed by atoms with Gasteiger partial charge in [0.05, 0.1) is 19.8 Å². The van der Waals surface area contributed by atoms with Gasteiger partial charge in [0.2, 0.25) is 5.76 Å². The van der Waals surface area contributed by atoms with Crippen molar-refractivity contribution >= 4 is 5.97 Å². The Morgan fingerprint density at radius 3 is 2.63 bits per heavy atom. The molecule has 108 valence electrons. The van der Waals surface area contributed by atoms with E-state index in [1.54, 1.807) is 14.0 Å². The van der Waals surface area contributed by atoms with Crippen LogP contribution < -0.4 is 0 Å². The maximum absolute atomic E-state index is 10.7. The Kier molecular flexibility index (Phi) is 7.17. The number of ether oxygens (including phenoxy) is 3. The number of carbonyl (C=O) groups is 1. The largest absolute Gasteiger partial charge is 0.475 e. The van der Waals surface area contributed by atoms with Crippen LogP contribution in [0, 0.1) is 6.92 Å². The summed E-state index contributed by atoms with van der Waals surface area (Å²) < 4.78 is 20.6. The molecular formula is C13H20O6. The fourth-order valence-corrected chi connectivity index (χ4v) is 1.46. The number of methoxy groups -OCH3 is 1. The molecule has 0 saturated carbocycles. The SMILES string of the molecule is COCCOCCCOCc1cc(C(=O)O)oc1C. The summed E-state index contributed by atoms with van der Waals surface area (Å²) in [6.45, 7) is 4.42. The molecule has 0 fully saturated rings. The van der Waals surface area contributed by atoms with Crippen molar-refractivity contribution in [1.82, 2.24) is 0 Å². The molecule has 0 aliphatic carbocycles. The van der Waals surface area contributed by atoms with Gasteiger partial charge in [0.1, 0.15) is 5.76 Å². The standard InChI is InChI=1S/C13H20O6/c1-10-11(8-12(19-10)13(14)15)9-18-5-3-4-17-7-6-16-2/h8H,3-7,9H2,1-2H3,(H,14,15). The van der Waals surface area contributed by atoms with Crippen LogP contribution in [-0.4, -0.2) is 44.6 Å². The van der Waals surface area contributed by atoms with E-state index >= 15 is 0 Å². The molecule has 1 aromatic heterocycles. The van der Waals surface area contributed by atoms with Crippen LogP contribution in [0.1, 0.15) is 28.3 Å². The fourth-order valence-electron chi connectivity index (χ4n) is 1.46. The molecule has 0 aliphatic heterocycles. The summed E-state index contributed by atoms with van der Waals surface area (Å²) >= 11 is 0. The van der Waals surface area contributed by atoms with Crippen molar-refractivity contribution < 1.29 is 28.5 Å². The van der Waals surface area contributed by atoms with Crippen LogP contribution in [0.3, 0.4) is 0 Å². The zero-order chi connectivity index (χ0) is 14.1. The monoisotopic (exact) mass is 272 g/mol. The lowest BCUT2D eigenvalue weighted by Crippen LogP contribution is -2.05. The number of aromatic carboxylic acids is 1. The smallest absolute Gasteiger partial charge is 0.371 e. The number of furan rings is 1. The highest BCUT2D eigenvalue weighted by molar-refractivity contribution is 5.84. The van der Waals surface area contributed by atoms with E-state index in [4.69, 9.17) is 23.7 Å². The Morgan fingerprint density at radius 1 is 1.26 bits per heavy atom. The molecule has 1 aromatic rings. The Balaban J connectivity index is 2.14. The zero-order valence-electron chi connectivity index (χ0n) is 11.3. The maximum Gasteiger partial charge on any atom is 0.371 e. The van der Waals surface area contributed by atoms with E-state index in [2.05, 4.69) is 0 Å². The van der Waals surface area contributed by atoms with Crippen molar-refractivity contribution in [3.05, 3.63) is 23.2 Å². The molecule has 0 radical (unpaired) electrons. The van der Waals surface area contributed by atoms with E-state index in [-0.39, 0.29) is 5.76 Å². The molecular weight excluding hydrogens is 252 g/mol. The third kappa shape index (κ3) is 5.87. The van der Waals surface area contributed by atoms with E-state index in [0.717, 1.165) is 12.0 Å². The minimum absolute atomic E-state index is 0.0565. The average Bonchev–Trinajstić information content (AvgIpc) is 2.74. The average molecular weight is 272 g/mol. The minimum Gasteiger partial charge on any atom is -0.475 e. The third-order valence-electron chi connectivity index (χ3n) is 2.50. The lowest BCUT2D eigenvalue weighted by atomic mass is 10.2. The molecule has 0 unspecified atom stereocenters. The molecule has 0 aliphatic rings. The van der Waals surface area contributed by atoms with Gasteiger partial charge in [-0.15, -0.1) is 0 Å². The molecule has 6 nitrogen and oxygen atoms in total. The van der Waals surface area contributed by atoms with Crippen LogP contribution in [0.5, 0.6) is 0 Å². The Labute approximate surface area is 112 Å². The van der Waals surface area contributed by atoms with Gasteiger partial charge in [-0.05, 0) is 19.4 Å². The molecule has 0 amide bonds. The highest BCUT2D eigenvalue weighted by Gasteiger charge is 2.12. The van der Waals surface area contributed by atoms with Gasteiger partial charge in [-0.25, -0.2) is 4.79 Å². The van der Waals surface area contributed by atoms with E-state index < -0.39 is 5.97 Å². The van der Waals surface area contributed by atoms with E-state index in [9.17, 15) is 4.79 Å². The summed E-state index contributed by atoms with van der Waals surface area (Å²) in [4.78, 5) is 10.7. The van der Waals surface area contributed by atoms with Crippen LogP contribution >= 0.6 is 0 Å². The van der Waals surface area contributed by atoms with Crippen molar-refractivity contribution in [2.24, 2.45) is 0 Å². The first-order chi connectivity index (χ1) is 9.15. The Bertz CT molecular complexity index is 384. The lowest BCUT2D eigenvalue weighted by molar-refractivity contribution is 0.0482. The van der Waals surface area contributed by atoms with Crippen LogP contribution in [0.4, 0.5) is 0 Å². The topological polar surface area (TPSA) is 78.1 Å². The first-order valence-corrected chi connectivity index (χ1v) is 6.12. The summed E-state index contributed by atoms with van der Waals surface area (Å²) in [7, 11) is 1.63. The van der Waals surface area contributed by atoms with Gasteiger partial charge in [0.15, 0.2) is 0 Å². The summed E-state index contributed by atoms with van der Waals surface area (Å²) in [5.41, 5.74) is 0.762. The number of carboxylic acid groups (broad SMARTS) is 1. The molecule has 0 saturated heterocycles. The first-order valence-electron chi connectivity index (χ1n) is 6.12. The predicted molar refractivity (Wildman–Crippen MR) is 67.4 cm³/mol. The summed E-state index contributed by atoms with van der Waals surface area (Å²) in [5, 5.41) is 8.77. The van der Waals surface area contributed by atoms with E-state index in [0.29, 0.717) is 38.8 Å². The molecule has 0 aromatic carbocycles. The van der Waals surface area contributed by atoms with E-state index in [1.165, 1.54) is 6.07 Å². The van der Waals surface area contributed by atoms with Crippen LogP contribution in [0.25, 0.3) is 0 Å². The van der Waals surface area contributed by atoms with Crippen molar-refractivity contribution in [2.75, 3.05) is 33.5 Å². The summed E-state index contributed by atoms with van der Waals surface area (Å²) in [5.74, 6) is -0.548. The molecule has 0 spiro atoms. The van der Waals surface area contributed by atoms with Gasteiger partial charge in [0.25, 0.3) is 0 Å². The second-order valence-corrected chi connectivity index (χ2v) is 4.01. The lowest BCUT2D eigenvalue weighted by Gasteiger charge is -2.04. The van der Waals surface area contributed by atoms with E-state index in [1.807, 2.05) is 0 Å². The van der Waals surface area contributed by atoms with Crippen molar-refractivity contribution in [1.29, 1.82) is 0 Å². The molecule has 1 N–H and O–H groups in total. The van der Waals surface area contributed by atoms with Gasteiger partial charge in [0, 0.05) is 25.9 Å². The summed E-state index contributed by atoms with van der Waals surface area (Å²) in [6, 6.07) is 1.49. The Morgan fingerprint density at radius 2 is 2.00 bits per heavy atom. The van der Waals surface area contributed by atoms with Gasteiger partial charge in [-0.1, -0.05) is 0 Å². The van der Waals surface area contributed by atoms with Gasteiger partial charge >= 0.3 is 5.97 Å². The first kappa shape index (κ1) is 15.7. The molecule has 1 heterocycles. The van der Waals surface area contributed by atoms with Crippen molar-refractivity contribution in [3.63, 3.8) is 0 Å². The van der Waals surface area contributed by atoms with Crippen LogP contribution in [0.2, 0.25) is 0 Å². The quantitative estimate of drug-likeness (QED) is 0.655.